The minimum atomic E-state index is -4.48. The summed E-state index contributed by atoms with van der Waals surface area (Å²) in [6, 6.07) is 3.70. The Morgan fingerprint density at radius 1 is 1.30 bits per heavy atom. The van der Waals surface area contributed by atoms with Crippen LogP contribution >= 0.6 is 11.6 Å². The Morgan fingerprint density at radius 3 is 2.45 bits per heavy atom. The molecule has 0 radical (unpaired) electrons. The molecule has 0 bridgehead atoms. The number of sulfone groups is 1. The van der Waals surface area contributed by atoms with E-state index in [1.54, 1.807) is 6.92 Å². The number of carbonyl (C=O) groups excluding carboxylic acids is 1. The molecular weight excluding hydrogens is 585 g/mol. The van der Waals surface area contributed by atoms with E-state index in [0.717, 1.165) is 19.2 Å². The van der Waals surface area contributed by atoms with Gasteiger partial charge in [0.2, 0.25) is 0 Å². The fourth-order valence-corrected chi connectivity index (χ4v) is 6.10. The van der Waals surface area contributed by atoms with Crippen LogP contribution in [0.4, 0.5) is 22.0 Å². The molecule has 1 aromatic heterocycles. The lowest BCUT2D eigenvalue weighted by Gasteiger charge is -2.35. The summed E-state index contributed by atoms with van der Waals surface area (Å²) in [5.74, 6) is -2.92. The molecule has 1 aliphatic carbocycles. The van der Waals surface area contributed by atoms with Crippen molar-refractivity contribution in [3.63, 3.8) is 0 Å². The monoisotopic (exact) mass is 615 g/mol. The van der Waals surface area contributed by atoms with E-state index in [4.69, 9.17) is 11.6 Å². The van der Waals surface area contributed by atoms with Gasteiger partial charge in [-0.3, -0.25) is 9.48 Å². The molecule has 1 amide bonds. The molecule has 15 heteroatoms. The molecule has 1 atom stereocenters. The van der Waals surface area contributed by atoms with Gasteiger partial charge in [0.15, 0.2) is 5.69 Å². The number of benzene rings is 1. The largest absolute Gasteiger partial charge is 0.434 e. The second-order valence-corrected chi connectivity index (χ2v) is 12.8. The first kappa shape index (κ1) is 32.1. The Bertz CT molecular complexity index is 1320. The standard InChI is InChI=1S/C25H31ClF5N3O5S/c1-4-34-21(17-6-5-15(11-14(2)25(29,30)31)12-18(17)39-23(27)28)19(26)20(33-34)22(35)32-13-24(36)9-7-16(8-10-24)40(3,37)38/h5-6,12,14,16,23,36H,4,7-11,13H2,1-3H3,(H,32,35)/t14-,16?,24?/m0/s1. The zero-order valence-electron chi connectivity index (χ0n) is 22.1. The normalized spacial score (nSPS) is 20.9. The molecular formula is C25H31ClF5N3O5S. The van der Waals surface area contributed by atoms with Gasteiger partial charge in [-0.1, -0.05) is 24.6 Å². The molecule has 224 valence electrons. The predicted octanol–water partition coefficient (Wildman–Crippen LogP) is 5.01. The van der Waals surface area contributed by atoms with Crippen LogP contribution in [0.25, 0.3) is 11.3 Å². The summed E-state index contributed by atoms with van der Waals surface area (Å²) in [5, 5.41) is 16.8. The molecule has 40 heavy (non-hydrogen) atoms. The summed E-state index contributed by atoms with van der Waals surface area (Å²) in [7, 11) is -3.25. The van der Waals surface area contributed by atoms with Gasteiger partial charge in [-0.2, -0.15) is 27.1 Å². The number of aryl methyl sites for hydroxylation is 1. The maximum atomic E-state index is 13.2. The summed E-state index contributed by atoms with van der Waals surface area (Å²) in [5.41, 5.74) is -1.43. The maximum Gasteiger partial charge on any atom is 0.391 e. The molecule has 1 heterocycles. The zero-order chi connectivity index (χ0) is 30.0. The summed E-state index contributed by atoms with van der Waals surface area (Å²) in [6.07, 6.45) is -3.01. The average Bonchev–Trinajstić information content (AvgIpc) is 3.17. The number of alkyl halides is 5. The second-order valence-electron chi connectivity index (χ2n) is 10.1. The molecule has 0 saturated heterocycles. The van der Waals surface area contributed by atoms with Crippen molar-refractivity contribution in [3.05, 3.63) is 34.5 Å². The van der Waals surface area contributed by atoms with Crippen LogP contribution in [-0.4, -0.2) is 65.7 Å². The van der Waals surface area contributed by atoms with Crippen LogP contribution in [0.3, 0.4) is 0 Å². The summed E-state index contributed by atoms with van der Waals surface area (Å²) in [6.45, 7) is -0.695. The first-order valence-electron chi connectivity index (χ1n) is 12.6. The van der Waals surface area contributed by atoms with Crippen molar-refractivity contribution in [1.82, 2.24) is 15.1 Å². The number of hydrogen-bond acceptors (Lipinski definition) is 6. The summed E-state index contributed by atoms with van der Waals surface area (Å²) < 4.78 is 95.0. The van der Waals surface area contributed by atoms with Crippen molar-refractivity contribution in [2.24, 2.45) is 5.92 Å². The van der Waals surface area contributed by atoms with E-state index < -0.39 is 57.5 Å². The van der Waals surface area contributed by atoms with Gasteiger partial charge in [0.05, 0.1) is 27.5 Å². The van der Waals surface area contributed by atoms with E-state index in [1.807, 2.05) is 0 Å². The summed E-state index contributed by atoms with van der Waals surface area (Å²) in [4.78, 5) is 13.0. The molecule has 8 nitrogen and oxygen atoms in total. The van der Waals surface area contributed by atoms with Gasteiger partial charge in [-0.05, 0) is 56.7 Å². The number of aromatic nitrogens is 2. The highest BCUT2D eigenvalue weighted by Crippen LogP contribution is 2.39. The van der Waals surface area contributed by atoms with Crippen LogP contribution in [0.1, 0.15) is 55.6 Å². The van der Waals surface area contributed by atoms with Crippen LogP contribution in [0.2, 0.25) is 5.02 Å². The lowest BCUT2D eigenvalue weighted by Crippen LogP contribution is -2.47. The number of hydrogen-bond donors (Lipinski definition) is 2. The van der Waals surface area contributed by atoms with Gasteiger partial charge in [0.25, 0.3) is 5.91 Å². The third-order valence-corrected chi connectivity index (χ3v) is 9.11. The summed E-state index contributed by atoms with van der Waals surface area (Å²) >= 11 is 6.49. The van der Waals surface area contributed by atoms with Gasteiger partial charge in [0, 0.05) is 24.9 Å². The highest BCUT2D eigenvalue weighted by Gasteiger charge is 2.38. The van der Waals surface area contributed by atoms with Crippen molar-refractivity contribution in [1.29, 1.82) is 0 Å². The molecule has 1 saturated carbocycles. The van der Waals surface area contributed by atoms with Crippen LogP contribution in [0, 0.1) is 5.92 Å². The van der Waals surface area contributed by atoms with Crippen molar-refractivity contribution in [3.8, 4) is 17.0 Å². The SMILES string of the molecule is CCn1nc(C(=O)NCC2(O)CCC(S(C)(=O)=O)CC2)c(Cl)c1-c1ccc(C[C@H](C)C(F)(F)F)cc1OC(F)F. The average molecular weight is 616 g/mol. The van der Waals surface area contributed by atoms with Gasteiger partial charge in [-0.25, -0.2) is 8.42 Å². The number of aliphatic hydroxyl groups is 1. The highest BCUT2D eigenvalue weighted by molar-refractivity contribution is 7.91. The topological polar surface area (TPSA) is 111 Å². The number of carbonyl (C=O) groups is 1. The number of ether oxygens (including phenoxy) is 1. The van der Waals surface area contributed by atoms with Gasteiger partial charge in [-0.15, -0.1) is 0 Å². The minimum Gasteiger partial charge on any atom is -0.434 e. The second kappa shape index (κ2) is 12.2. The molecule has 2 aromatic rings. The van der Waals surface area contributed by atoms with Crippen LogP contribution in [-0.2, 0) is 22.8 Å². The fraction of sp³-hybridized carbons (Fsp3) is 0.600. The third kappa shape index (κ3) is 7.64. The molecule has 2 N–H and O–H groups in total. The number of halogens is 6. The first-order chi connectivity index (χ1) is 18.4. The number of rotatable bonds is 10. The van der Waals surface area contributed by atoms with E-state index in [-0.39, 0.29) is 66.3 Å². The quantitative estimate of drug-likeness (QED) is 0.364. The molecule has 1 aliphatic rings. The zero-order valence-corrected chi connectivity index (χ0v) is 23.6. The fourth-order valence-electron chi connectivity index (χ4n) is 4.69. The van der Waals surface area contributed by atoms with Crippen molar-refractivity contribution in [2.45, 2.75) is 76.1 Å². The smallest absolute Gasteiger partial charge is 0.391 e. The van der Waals surface area contributed by atoms with Gasteiger partial charge >= 0.3 is 12.8 Å². The third-order valence-electron chi connectivity index (χ3n) is 7.07. The number of nitrogens with one attached hydrogen (secondary N) is 1. The lowest BCUT2D eigenvalue weighted by atomic mass is 9.84. The van der Waals surface area contributed by atoms with E-state index in [2.05, 4.69) is 15.2 Å². The molecule has 1 fully saturated rings. The van der Waals surface area contributed by atoms with Crippen LogP contribution < -0.4 is 10.1 Å². The Kier molecular flexibility index (Phi) is 9.78. The van der Waals surface area contributed by atoms with Gasteiger partial charge in [0.1, 0.15) is 15.6 Å². The Balaban J connectivity index is 1.86. The number of nitrogens with zero attached hydrogens (tertiary/aromatic N) is 2. The Morgan fingerprint density at radius 2 is 1.93 bits per heavy atom. The Hall–Kier alpha value is -2.45. The number of amides is 1. The Labute approximate surface area is 233 Å². The van der Waals surface area contributed by atoms with E-state index in [9.17, 15) is 40.3 Å². The molecule has 0 spiro atoms. The maximum absolute atomic E-state index is 13.2. The molecule has 1 aromatic carbocycles. The highest BCUT2D eigenvalue weighted by atomic mass is 35.5. The minimum absolute atomic E-state index is 0.000150. The molecule has 3 rings (SSSR count). The van der Waals surface area contributed by atoms with E-state index >= 15 is 0 Å². The molecule has 0 aliphatic heterocycles. The van der Waals surface area contributed by atoms with E-state index in [1.165, 1.54) is 16.8 Å². The van der Waals surface area contributed by atoms with Crippen LogP contribution in [0.15, 0.2) is 18.2 Å². The van der Waals surface area contributed by atoms with Crippen molar-refractivity contribution in [2.75, 3.05) is 12.8 Å². The molecule has 0 unspecified atom stereocenters. The lowest BCUT2D eigenvalue weighted by molar-refractivity contribution is -0.169. The van der Waals surface area contributed by atoms with Crippen molar-refractivity contribution >= 4 is 27.3 Å². The van der Waals surface area contributed by atoms with Gasteiger partial charge < -0.3 is 15.2 Å². The van der Waals surface area contributed by atoms with Crippen molar-refractivity contribution < 1.29 is 45.0 Å². The van der Waals surface area contributed by atoms with E-state index in [0.29, 0.717) is 0 Å². The predicted molar refractivity (Wildman–Crippen MR) is 138 cm³/mol. The van der Waals surface area contributed by atoms with Crippen LogP contribution in [0.5, 0.6) is 5.75 Å². The first-order valence-corrected chi connectivity index (χ1v) is 14.9.